The van der Waals surface area contributed by atoms with Gasteiger partial charge in [0.2, 0.25) is 11.8 Å². The van der Waals surface area contributed by atoms with Crippen LogP contribution in [0.1, 0.15) is 22.5 Å². The summed E-state index contributed by atoms with van der Waals surface area (Å²) in [5.41, 5.74) is 7.95. The number of hydrogen-bond acceptors (Lipinski definition) is 8. The van der Waals surface area contributed by atoms with E-state index in [0.717, 1.165) is 21.0 Å². The van der Waals surface area contributed by atoms with Crippen LogP contribution in [0.15, 0.2) is 70.0 Å². The van der Waals surface area contributed by atoms with Crippen LogP contribution in [0.25, 0.3) is 9.92 Å². The zero-order valence-corrected chi connectivity index (χ0v) is 19.3. The maximum absolute atomic E-state index is 12.1. The predicted octanol–water partition coefficient (Wildman–Crippen LogP) is 2.49. The summed E-state index contributed by atoms with van der Waals surface area (Å²) in [4.78, 5) is 34.7. The van der Waals surface area contributed by atoms with Crippen molar-refractivity contribution in [3.63, 3.8) is 0 Å². The summed E-state index contributed by atoms with van der Waals surface area (Å²) in [7, 11) is 0. The van der Waals surface area contributed by atoms with Crippen LogP contribution in [0.3, 0.4) is 0 Å². The van der Waals surface area contributed by atoms with E-state index in [2.05, 4.69) is 31.0 Å². The van der Waals surface area contributed by atoms with Gasteiger partial charge in [0.05, 0.1) is 36.7 Å². The number of nitrogens with zero attached hydrogens (tertiary/aromatic N) is 6. The molecule has 0 saturated carbocycles. The van der Waals surface area contributed by atoms with Crippen LogP contribution in [0.5, 0.6) is 0 Å². The van der Waals surface area contributed by atoms with Gasteiger partial charge in [-0.15, -0.1) is 22.7 Å². The molecule has 2 amide bonds. The Bertz CT molecular complexity index is 1360. The summed E-state index contributed by atoms with van der Waals surface area (Å²) in [6.45, 7) is 0. The molecule has 0 aliphatic heterocycles. The normalized spacial score (nSPS) is 11.8. The van der Waals surface area contributed by atoms with E-state index in [4.69, 9.17) is 0 Å². The van der Waals surface area contributed by atoms with Crippen LogP contribution >= 0.6 is 22.7 Å². The molecule has 12 heteroatoms. The SMILES string of the molecule is O=C(Cc1cn2ccsc2n1)N/N=C/c1cccc(/C=N/NC(=O)Cc2cn3ccsc3n2)c1. The Kier molecular flexibility index (Phi) is 6.23. The van der Waals surface area contributed by atoms with Gasteiger partial charge in [-0.2, -0.15) is 10.2 Å². The van der Waals surface area contributed by atoms with Gasteiger partial charge in [-0.3, -0.25) is 18.4 Å². The number of fused-ring (bicyclic) bond motifs is 2. The first-order valence-corrected chi connectivity index (χ1v) is 11.9. The molecule has 0 bridgehead atoms. The van der Waals surface area contributed by atoms with Gasteiger partial charge >= 0.3 is 0 Å². The lowest BCUT2D eigenvalue weighted by Gasteiger charge is -1.99. The zero-order chi connectivity index (χ0) is 23.3. The van der Waals surface area contributed by atoms with E-state index >= 15 is 0 Å². The van der Waals surface area contributed by atoms with E-state index < -0.39 is 0 Å². The Hall–Kier alpha value is -4.16. The molecule has 0 aliphatic carbocycles. The molecule has 5 rings (SSSR count). The van der Waals surface area contributed by atoms with Crippen molar-refractivity contribution < 1.29 is 9.59 Å². The minimum Gasteiger partial charge on any atom is -0.297 e. The number of thiazole rings is 2. The summed E-state index contributed by atoms with van der Waals surface area (Å²) in [6, 6.07) is 7.36. The van der Waals surface area contributed by atoms with E-state index in [9.17, 15) is 9.59 Å². The summed E-state index contributed by atoms with van der Waals surface area (Å²) in [6.07, 6.45) is 10.8. The Balaban J connectivity index is 1.10. The quantitative estimate of drug-likeness (QED) is 0.257. The topological polar surface area (TPSA) is 118 Å². The minimum absolute atomic E-state index is 0.148. The highest BCUT2D eigenvalue weighted by molar-refractivity contribution is 7.15. The number of aromatic nitrogens is 4. The molecule has 10 nitrogen and oxygen atoms in total. The van der Waals surface area contributed by atoms with Crippen molar-refractivity contribution in [3.8, 4) is 0 Å². The van der Waals surface area contributed by atoms with Crippen LogP contribution in [0, 0.1) is 0 Å². The lowest BCUT2D eigenvalue weighted by molar-refractivity contribution is -0.121. The van der Waals surface area contributed by atoms with Gasteiger partial charge in [-0.05, 0) is 17.2 Å². The lowest BCUT2D eigenvalue weighted by Crippen LogP contribution is -2.20. The molecule has 0 atom stereocenters. The molecular weight excluding hydrogens is 472 g/mol. The van der Waals surface area contributed by atoms with Crippen LogP contribution in [0.2, 0.25) is 0 Å². The molecule has 2 N–H and O–H groups in total. The largest absolute Gasteiger partial charge is 0.297 e. The maximum Gasteiger partial charge on any atom is 0.246 e. The van der Waals surface area contributed by atoms with Gasteiger partial charge in [-0.25, -0.2) is 20.8 Å². The summed E-state index contributed by atoms with van der Waals surface area (Å²) >= 11 is 3.03. The first-order chi connectivity index (χ1) is 16.6. The Morgan fingerprint density at radius 2 is 1.35 bits per heavy atom. The number of benzene rings is 1. The number of hydrazone groups is 2. The monoisotopic (exact) mass is 490 g/mol. The Morgan fingerprint density at radius 1 is 0.853 bits per heavy atom. The maximum atomic E-state index is 12.1. The summed E-state index contributed by atoms with van der Waals surface area (Å²) < 4.78 is 3.76. The van der Waals surface area contributed by atoms with E-state index in [1.165, 1.54) is 22.7 Å². The second-order valence-electron chi connectivity index (χ2n) is 7.26. The number of amides is 2. The molecule has 0 unspecified atom stereocenters. The number of hydrogen-bond donors (Lipinski definition) is 2. The summed E-state index contributed by atoms with van der Waals surface area (Å²) in [5, 5.41) is 11.9. The first kappa shape index (κ1) is 21.7. The van der Waals surface area contributed by atoms with Crippen molar-refractivity contribution in [1.29, 1.82) is 0 Å². The molecule has 34 heavy (non-hydrogen) atoms. The number of carbonyl (C=O) groups is 2. The van der Waals surface area contributed by atoms with Crippen LogP contribution in [-0.2, 0) is 22.4 Å². The van der Waals surface area contributed by atoms with Gasteiger partial charge in [0.15, 0.2) is 9.92 Å². The zero-order valence-electron chi connectivity index (χ0n) is 17.7. The molecule has 5 aromatic rings. The highest BCUT2D eigenvalue weighted by atomic mass is 32.1. The smallest absolute Gasteiger partial charge is 0.246 e. The highest BCUT2D eigenvalue weighted by Gasteiger charge is 2.08. The third-order valence-corrected chi connectivity index (χ3v) is 6.23. The van der Waals surface area contributed by atoms with Crippen LogP contribution < -0.4 is 10.9 Å². The van der Waals surface area contributed by atoms with Gasteiger partial charge in [-0.1, -0.05) is 18.2 Å². The molecule has 0 aliphatic rings. The van der Waals surface area contributed by atoms with Gasteiger partial charge in [0, 0.05) is 35.5 Å². The molecule has 1 aromatic carbocycles. The molecule has 0 saturated heterocycles. The molecule has 0 spiro atoms. The molecular formula is C22H18N8O2S2. The molecule has 4 heterocycles. The van der Waals surface area contributed by atoms with Crippen molar-refractivity contribution in [2.45, 2.75) is 12.8 Å². The highest BCUT2D eigenvalue weighted by Crippen LogP contribution is 2.12. The molecule has 0 fully saturated rings. The van der Waals surface area contributed by atoms with Crippen molar-refractivity contribution in [3.05, 3.63) is 82.3 Å². The number of carbonyl (C=O) groups excluding carboxylic acids is 2. The molecule has 4 aromatic heterocycles. The van der Waals surface area contributed by atoms with Gasteiger partial charge in [0.1, 0.15) is 0 Å². The average molecular weight is 491 g/mol. The lowest BCUT2D eigenvalue weighted by atomic mass is 10.1. The fraction of sp³-hybridized carbons (Fsp3) is 0.0909. The van der Waals surface area contributed by atoms with Gasteiger partial charge in [0.25, 0.3) is 0 Å². The van der Waals surface area contributed by atoms with Crippen LogP contribution in [-0.4, -0.2) is 43.0 Å². The van der Waals surface area contributed by atoms with Crippen molar-refractivity contribution in [2.75, 3.05) is 0 Å². The van der Waals surface area contributed by atoms with Crippen LogP contribution in [0.4, 0.5) is 0 Å². The Labute approximate surface area is 201 Å². The van der Waals surface area contributed by atoms with E-state index in [1.54, 1.807) is 12.4 Å². The second-order valence-corrected chi connectivity index (χ2v) is 9.01. The van der Waals surface area contributed by atoms with E-state index in [1.807, 2.05) is 68.6 Å². The summed E-state index contributed by atoms with van der Waals surface area (Å²) in [5.74, 6) is -0.500. The number of rotatable bonds is 8. The van der Waals surface area contributed by atoms with Crippen molar-refractivity contribution in [2.24, 2.45) is 10.2 Å². The number of imidazole rings is 2. The molecule has 170 valence electrons. The Morgan fingerprint density at radius 3 is 1.82 bits per heavy atom. The predicted molar refractivity (Wildman–Crippen MR) is 131 cm³/mol. The third-order valence-electron chi connectivity index (χ3n) is 4.69. The molecule has 0 radical (unpaired) electrons. The van der Waals surface area contributed by atoms with E-state index in [-0.39, 0.29) is 24.7 Å². The standard InChI is InChI=1S/C22H18N8O2S2/c31-19(9-17-13-29-4-6-33-21(29)25-17)27-23-11-15-2-1-3-16(8-15)12-24-28-20(32)10-18-14-30-5-7-34-22(30)26-18/h1-8,11-14H,9-10H2,(H,27,31)(H,28,32)/b23-11+,24-12+. The minimum atomic E-state index is -0.250. The second kappa shape index (κ2) is 9.77. The van der Waals surface area contributed by atoms with Crippen molar-refractivity contribution in [1.82, 2.24) is 29.6 Å². The fourth-order valence-corrected chi connectivity index (χ4v) is 4.65. The average Bonchev–Trinajstić information content (AvgIpc) is 3.56. The van der Waals surface area contributed by atoms with Gasteiger partial charge < -0.3 is 0 Å². The first-order valence-electron chi connectivity index (χ1n) is 10.2. The fourth-order valence-electron chi connectivity index (χ4n) is 3.21. The van der Waals surface area contributed by atoms with Crippen molar-refractivity contribution >= 4 is 56.8 Å². The van der Waals surface area contributed by atoms with E-state index in [0.29, 0.717) is 11.4 Å². The third kappa shape index (κ3) is 5.24. The number of nitrogens with one attached hydrogen (secondary N) is 2.